The van der Waals surface area contributed by atoms with Crippen molar-refractivity contribution in [1.82, 2.24) is 20.1 Å². The number of aromatic amines is 1. The van der Waals surface area contributed by atoms with Crippen molar-refractivity contribution in [1.29, 1.82) is 0 Å². The number of aromatic nitrogens is 3. The molecule has 1 heterocycles. The quantitative estimate of drug-likeness (QED) is 0.742. The number of nitrogens with one attached hydrogen (secondary N) is 2. The van der Waals surface area contributed by atoms with Crippen LogP contribution in [-0.4, -0.2) is 26.8 Å². The van der Waals surface area contributed by atoms with Crippen molar-refractivity contribution in [2.24, 2.45) is 0 Å². The van der Waals surface area contributed by atoms with Gasteiger partial charge in [0.05, 0.1) is 6.54 Å². The Balaban J connectivity index is 1.59. The van der Waals surface area contributed by atoms with E-state index in [0.717, 1.165) is 12.8 Å². The van der Waals surface area contributed by atoms with Crippen molar-refractivity contribution in [2.45, 2.75) is 38.5 Å². The van der Waals surface area contributed by atoms with E-state index < -0.39 is 6.10 Å². The molecule has 1 amide bonds. The van der Waals surface area contributed by atoms with Gasteiger partial charge in [0.15, 0.2) is 16.7 Å². The van der Waals surface area contributed by atoms with Crippen molar-refractivity contribution < 1.29 is 9.53 Å². The molecule has 3 rings (SSSR count). The molecule has 0 aliphatic heterocycles. The van der Waals surface area contributed by atoms with Crippen LogP contribution in [0.4, 0.5) is 0 Å². The minimum atomic E-state index is -0.698. The molecule has 1 unspecified atom stereocenters. The number of benzene rings is 1. The molecule has 1 aliphatic carbocycles. The molecule has 2 N–H and O–H groups in total. The van der Waals surface area contributed by atoms with E-state index in [1.54, 1.807) is 25.1 Å². The summed E-state index contributed by atoms with van der Waals surface area (Å²) in [5.41, 5.74) is 0. The Morgan fingerprint density at radius 1 is 1.46 bits per heavy atom. The fourth-order valence-corrected chi connectivity index (χ4v) is 3.14. The first-order chi connectivity index (χ1) is 11.4. The van der Waals surface area contributed by atoms with Crippen LogP contribution in [0.1, 0.15) is 31.6 Å². The van der Waals surface area contributed by atoms with Crippen LogP contribution < -0.4 is 10.1 Å². The third-order valence-electron chi connectivity index (χ3n) is 3.63. The molecule has 1 saturated carbocycles. The summed E-state index contributed by atoms with van der Waals surface area (Å²) < 4.78 is 8.12. The van der Waals surface area contributed by atoms with Crippen LogP contribution >= 0.6 is 35.4 Å². The van der Waals surface area contributed by atoms with Gasteiger partial charge in [0, 0.05) is 16.1 Å². The van der Waals surface area contributed by atoms with E-state index in [1.165, 1.54) is 0 Å². The molecule has 1 aromatic carbocycles. The topological polar surface area (TPSA) is 71.9 Å². The summed E-state index contributed by atoms with van der Waals surface area (Å²) in [6, 6.07) is 5.21. The average molecular weight is 387 g/mol. The Bertz CT molecular complexity index is 796. The number of H-pyrrole nitrogens is 1. The van der Waals surface area contributed by atoms with Gasteiger partial charge in [-0.1, -0.05) is 23.2 Å². The second-order valence-corrected chi connectivity index (χ2v) is 6.89. The minimum absolute atomic E-state index is 0.262. The zero-order valence-corrected chi connectivity index (χ0v) is 15.2. The summed E-state index contributed by atoms with van der Waals surface area (Å²) in [6.45, 7) is 1.94. The molecular weight excluding hydrogens is 371 g/mol. The van der Waals surface area contributed by atoms with Gasteiger partial charge in [-0.05, 0) is 50.2 Å². The monoisotopic (exact) mass is 386 g/mol. The summed E-state index contributed by atoms with van der Waals surface area (Å²) in [6.07, 6.45) is 1.48. The van der Waals surface area contributed by atoms with E-state index in [2.05, 4.69) is 15.5 Å². The fraction of sp³-hybridized carbons (Fsp3) is 0.400. The lowest BCUT2D eigenvalue weighted by atomic mass is 10.3. The number of carbonyl (C=O) groups is 1. The lowest BCUT2D eigenvalue weighted by Gasteiger charge is -2.15. The van der Waals surface area contributed by atoms with Gasteiger partial charge in [-0.15, -0.1) is 0 Å². The van der Waals surface area contributed by atoms with Gasteiger partial charge in [-0.25, -0.2) is 0 Å². The number of carbonyl (C=O) groups excluding carboxylic acids is 1. The van der Waals surface area contributed by atoms with Crippen LogP contribution in [0.3, 0.4) is 0 Å². The molecule has 24 heavy (non-hydrogen) atoms. The molecule has 1 atom stereocenters. The number of halogens is 2. The third-order valence-corrected chi connectivity index (χ3v) is 4.35. The van der Waals surface area contributed by atoms with Gasteiger partial charge in [-0.3, -0.25) is 14.5 Å². The van der Waals surface area contributed by atoms with Crippen LogP contribution in [0.15, 0.2) is 18.2 Å². The van der Waals surface area contributed by atoms with Crippen molar-refractivity contribution in [2.75, 3.05) is 0 Å². The van der Waals surface area contributed by atoms with Gasteiger partial charge in [0.1, 0.15) is 5.75 Å². The highest BCUT2D eigenvalue weighted by Crippen LogP contribution is 2.35. The molecule has 0 bridgehead atoms. The molecule has 1 aliphatic rings. The van der Waals surface area contributed by atoms with E-state index >= 15 is 0 Å². The van der Waals surface area contributed by atoms with Crippen molar-refractivity contribution in [3.05, 3.63) is 38.8 Å². The summed E-state index contributed by atoms with van der Waals surface area (Å²) in [7, 11) is 0. The minimum Gasteiger partial charge on any atom is -0.481 e. The molecule has 1 aromatic heterocycles. The Morgan fingerprint density at radius 3 is 2.75 bits per heavy atom. The second kappa shape index (κ2) is 7.13. The van der Waals surface area contributed by atoms with Gasteiger partial charge in [0.2, 0.25) is 0 Å². The third kappa shape index (κ3) is 4.09. The first kappa shape index (κ1) is 17.3. The Morgan fingerprint density at radius 2 is 2.12 bits per heavy atom. The number of hydrogen-bond donors (Lipinski definition) is 2. The van der Waals surface area contributed by atoms with E-state index in [-0.39, 0.29) is 12.5 Å². The van der Waals surface area contributed by atoms with E-state index in [1.807, 2.05) is 4.57 Å². The molecular formula is C15H16Cl2N4O2S. The Hall–Kier alpha value is -1.57. The van der Waals surface area contributed by atoms with E-state index in [0.29, 0.717) is 32.4 Å². The maximum atomic E-state index is 12.2. The fourth-order valence-electron chi connectivity index (χ4n) is 2.34. The van der Waals surface area contributed by atoms with Crippen LogP contribution in [0.5, 0.6) is 5.75 Å². The second-order valence-electron chi connectivity index (χ2n) is 5.63. The van der Waals surface area contributed by atoms with E-state index in [4.69, 9.17) is 40.2 Å². The van der Waals surface area contributed by atoms with Gasteiger partial charge in [0.25, 0.3) is 5.91 Å². The zero-order valence-electron chi connectivity index (χ0n) is 12.9. The molecule has 1 fully saturated rings. The van der Waals surface area contributed by atoms with Gasteiger partial charge < -0.3 is 10.1 Å². The molecule has 0 radical (unpaired) electrons. The lowest BCUT2D eigenvalue weighted by Crippen LogP contribution is -2.36. The average Bonchev–Trinajstić information content (AvgIpc) is 3.27. The molecule has 9 heteroatoms. The molecule has 6 nitrogen and oxygen atoms in total. The Labute approximate surface area is 154 Å². The van der Waals surface area contributed by atoms with Crippen molar-refractivity contribution in [3.63, 3.8) is 0 Å². The normalized spacial score (nSPS) is 15.1. The smallest absolute Gasteiger partial charge is 0.261 e. The number of hydrogen-bond acceptors (Lipinski definition) is 4. The molecule has 0 saturated heterocycles. The Kier molecular flexibility index (Phi) is 5.12. The number of ether oxygens (including phenoxy) is 1. The van der Waals surface area contributed by atoms with Gasteiger partial charge in [-0.2, -0.15) is 5.10 Å². The zero-order chi connectivity index (χ0) is 17.3. The first-order valence-corrected chi connectivity index (χ1v) is 8.66. The summed E-state index contributed by atoms with van der Waals surface area (Å²) in [4.78, 5) is 12.2. The first-order valence-electron chi connectivity index (χ1n) is 7.50. The van der Waals surface area contributed by atoms with E-state index in [9.17, 15) is 4.79 Å². The van der Waals surface area contributed by atoms with Crippen LogP contribution in [-0.2, 0) is 11.3 Å². The summed E-state index contributed by atoms with van der Waals surface area (Å²) in [5.74, 6) is 0.895. The largest absolute Gasteiger partial charge is 0.481 e. The van der Waals surface area contributed by atoms with Crippen LogP contribution in [0.25, 0.3) is 0 Å². The lowest BCUT2D eigenvalue weighted by molar-refractivity contribution is -0.127. The maximum Gasteiger partial charge on any atom is 0.261 e. The molecule has 0 spiro atoms. The summed E-state index contributed by atoms with van der Waals surface area (Å²) >= 11 is 17.1. The number of rotatable bonds is 6. The molecule has 2 aromatic rings. The van der Waals surface area contributed by atoms with Crippen molar-refractivity contribution in [3.8, 4) is 5.75 Å². The number of amides is 1. The summed E-state index contributed by atoms with van der Waals surface area (Å²) in [5, 5.41) is 10.6. The van der Waals surface area contributed by atoms with Crippen LogP contribution in [0.2, 0.25) is 10.0 Å². The SMILES string of the molecule is CC(Oc1cc(Cl)cc(Cl)c1)C(=O)NCc1n[nH]c(=S)n1C1CC1. The predicted molar refractivity (Wildman–Crippen MR) is 94.1 cm³/mol. The highest BCUT2D eigenvalue weighted by Gasteiger charge is 2.27. The van der Waals surface area contributed by atoms with Gasteiger partial charge >= 0.3 is 0 Å². The predicted octanol–water partition coefficient (Wildman–Crippen LogP) is 3.67. The van der Waals surface area contributed by atoms with Crippen LogP contribution in [0, 0.1) is 4.77 Å². The highest BCUT2D eigenvalue weighted by atomic mass is 35.5. The standard InChI is InChI=1S/C15H16Cl2N4O2S/c1-8(23-12-5-9(16)4-10(17)6-12)14(22)18-7-13-19-20-15(24)21(13)11-2-3-11/h4-6,8,11H,2-3,7H2,1H3,(H,18,22)(H,20,24). The maximum absolute atomic E-state index is 12.2. The number of nitrogens with zero attached hydrogens (tertiary/aromatic N) is 2. The van der Waals surface area contributed by atoms with Crippen molar-refractivity contribution >= 4 is 41.3 Å². The highest BCUT2D eigenvalue weighted by molar-refractivity contribution is 7.71. The molecule has 128 valence electrons.